The summed E-state index contributed by atoms with van der Waals surface area (Å²) in [6, 6.07) is 19.9. The molecule has 3 aromatic carbocycles. The highest BCUT2D eigenvalue weighted by Crippen LogP contribution is 2.16. The van der Waals surface area contributed by atoms with Crippen molar-refractivity contribution in [3.05, 3.63) is 111 Å². The fourth-order valence-corrected chi connectivity index (χ4v) is 2.83. The monoisotopic (exact) mass is 415 g/mol. The maximum atomic E-state index is 12.9. The van der Waals surface area contributed by atoms with E-state index in [-0.39, 0.29) is 11.4 Å². The molecule has 0 saturated carbocycles. The van der Waals surface area contributed by atoms with Crippen LogP contribution in [0, 0.1) is 24.0 Å². The summed E-state index contributed by atoms with van der Waals surface area (Å²) in [6.45, 7) is 3.81. The number of carbonyl (C=O) groups is 2. The molecule has 0 aliphatic heterocycles. The van der Waals surface area contributed by atoms with E-state index in [1.807, 2.05) is 32.0 Å². The van der Waals surface area contributed by atoms with Crippen molar-refractivity contribution in [1.29, 1.82) is 0 Å². The first-order valence-electron chi connectivity index (χ1n) is 9.54. The first kappa shape index (κ1) is 21.4. The predicted molar refractivity (Wildman–Crippen MR) is 120 cm³/mol. The van der Waals surface area contributed by atoms with Gasteiger partial charge in [0.1, 0.15) is 5.70 Å². The number of carbonyl (C=O) groups excluding carboxylic acids is 2. The quantitative estimate of drug-likeness (QED) is 0.348. The number of nitro groups is 1. The number of nitrogens with zero attached hydrogens (tertiary/aromatic N) is 1. The molecule has 0 fully saturated rings. The Morgan fingerprint density at radius 1 is 0.903 bits per heavy atom. The minimum Gasteiger partial charge on any atom is -0.321 e. The fraction of sp³-hybridized carbons (Fsp3) is 0.0833. The molecular formula is C24H21N3O4. The topological polar surface area (TPSA) is 101 Å². The fourth-order valence-electron chi connectivity index (χ4n) is 2.83. The summed E-state index contributed by atoms with van der Waals surface area (Å²) < 4.78 is 0. The van der Waals surface area contributed by atoms with Crippen LogP contribution < -0.4 is 10.6 Å². The summed E-state index contributed by atoms with van der Waals surface area (Å²) >= 11 is 0. The van der Waals surface area contributed by atoms with Crippen molar-refractivity contribution in [2.45, 2.75) is 13.8 Å². The highest BCUT2D eigenvalue weighted by molar-refractivity contribution is 6.10. The van der Waals surface area contributed by atoms with Crippen molar-refractivity contribution in [1.82, 2.24) is 5.32 Å². The Hall–Kier alpha value is -4.26. The Morgan fingerprint density at radius 3 is 2.19 bits per heavy atom. The second kappa shape index (κ2) is 9.49. The predicted octanol–water partition coefficient (Wildman–Crippen LogP) is 4.62. The lowest BCUT2D eigenvalue weighted by atomic mass is 10.1. The third kappa shape index (κ3) is 5.86. The molecule has 0 bridgehead atoms. The van der Waals surface area contributed by atoms with Gasteiger partial charge in [0.2, 0.25) is 0 Å². The van der Waals surface area contributed by atoms with Crippen molar-refractivity contribution < 1.29 is 14.5 Å². The molecule has 0 aromatic heterocycles. The SMILES string of the molecule is Cc1ccc(NC(=O)/C(=C\c2ccc([N+](=O)[O-])cc2)NC(=O)c2cccc(C)c2)cc1. The van der Waals surface area contributed by atoms with Crippen molar-refractivity contribution in [2.24, 2.45) is 0 Å². The normalized spacial score (nSPS) is 11.0. The van der Waals surface area contributed by atoms with E-state index >= 15 is 0 Å². The maximum absolute atomic E-state index is 12.9. The Bertz CT molecular complexity index is 1150. The van der Waals surface area contributed by atoms with Crippen LogP contribution in [0.25, 0.3) is 6.08 Å². The highest BCUT2D eigenvalue weighted by atomic mass is 16.6. The number of nitrogens with one attached hydrogen (secondary N) is 2. The van der Waals surface area contributed by atoms with Crippen LogP contribution in [0.15, 0.2) is 78.5 Å². The molecule has 0 atom stereocenters. The number of rotatable bonds is 6. The Balaban J connectivity index is 1.90. The summed E-state index contributed by atoms with van der Waals surface area (Å²) in [5, 5.41) is 16.3. The Kier molecular flexibility index (Phi) is 6.57. The number of aryl methyl sites for hydroxylation is 2. The van der Waals surface area contributed by atoms with Crippen molar-refractivity contribution >= 4 is 29.3 Å². The summed E-state index contributed by atoms with van der Waals surface area (Å²) in [4.78, 5) is 36.0. The number of benzene rings is 3. The van der Waals surface area contributed by atoms with E-state index in [2.05, 4.69) is 10.6 Å². The number of anilines is 1. The molecule has 7 nitrogen and oxygen atoms in total. The van der Waals surface area contributed by atoms with Crippen molar-refractivity contribution in [3.63, 3.8) is 0 Å². The number of nitro benzene ring substituents is 1. The van der Waals surface area contributed by atoms with Gasteiger partial charge in [-0.15, -0.1) is 0 Å². The zero-order chi connectivity index (χ0) is 22.4. The first-order valence-corrected chi connectivity index (χ1v) is 9.54. The van der Waals surface area contributed by atoms with Crippen LogP contribution >= 0.6 is 0 Å². The molecule has 0 aliphatic carbocycles. The number of hydrogen-bond donors (Lipinski definition) is 2. The van der Waals surface area contributed by atoms with E-state index in [4.69, 9.17) is 0 Å². The second-order valence-corrected chi connectivity index (χ2v) is 7.05. The lowest BCUT2D eigenvalue weighted by Gasteiger charge is -2.12. The molecule has 0 spiro atoms. The van der Waals surface area contributed by atoms with E-state index in [0.717, 1.165) is 11.1 Å². The van der Waals surface area contributed by atoms with E-state index in [0.29, 0.717) is 16.8 Å². The number of amides is 2. The standard InChI is InChI=1S/C24H21N3O4/c1-16-6-10-20(11-7-16)25-24(29)22(15-18-8-12-21(13-9-18)27(30)31)26-23(28)19-5-3-4-17(2)14-19/h3-15H,1-2H3,(H,25,29)(H,26,28)/b22-15+. The van der Waals surface area contributed by atoms with Crippen LogP contribution in [-0.2, 0) is 4.79 Å². The van der Waals surface area contributed by atoms with E-state index in [1.165, 1.54) is 30.3 Å². The summed E-state index contributed by atoms with van der Waals surface area (Å²) in [5.41, 5.74) is 3.44. The van der Waals surface area contributed by atoms with E-state index in [1.54, 1.807) is 30.3 Å². The van der Waals surface area contributed by atoms with Gasteiger partial charge in [-0.25, -0.2) is 0 Å². The smallest absolute Gasteiger partial charge is 0.272 e. The number of hydrogen-bond acceptors (Lipinski definition) is 4. The molecule has 156 valence electrons. The highest BCUT2D eigenvalue weighted by Gasteiger charge is 2.15. The lowest BCUT2D eigenvalue weighted by molar-refractivity contribution is -0.384. The molecule has 0 saturated heterocycles. The van der Waals surface area contributed by atoms with Crippen LogP contribution in [0.2, 0.25) is 0 Å². The molecular weight excluding hydrogens is 394 g/mol. The zero-order valence-corrected chi connectivity index (χ0v) is 17.1. The minimum atomic E-state index is -0.511. The lowest BCUT2D eigenvalue weighted by Crippen LogP contribution is -2.30. The van der Waals surface area contributed by atoms with Crippen LogP contribution in [0.4, 0.5) is 11.4 Å². The van der Waals surface area contributed by atoms with Gasteiger partial charge in [0.05, 0.1) is 4.92 Å². The molecule has 31 heavy (non-hydrogen) atoms. The van der Waals surface area contributed by atoms with Gasteiger partial charge in [-0.2, -0.15) is 0 Å². The second-order valence-electron chi connectivity index (χ2n) is 7.05. The minimum absolute atomic E-state index is 0.0148. The van der Waals surface area contributed by atoms with Gasteiger partial charge in [-0.05, 0) is 61.9 Å². The molecule has 2 N–H and O–H groups in total. The van der Waals surface area contributed by atoms with Gasteiger partial charge in [-0.3, -0.25) is 19.7 Å². The van der Waals surface area contributed by atoms with Gasteiger partial charge in [0.15, 0.2) is 0 Å². The molecule has 2 amide bonds. The van der Waals surface area contributed by atoms with Crippen LogP contribution in [-0.4, -0.2) is 16.7 Å². The molecule has 3 rings (SSSR count). The van der Waals surface area contributed by atoms with Crippen molar-refractivity contribution in [2.75, 3.05) is 5.32 Å². The average Bonchev–Trinajstić information content (AvgIpc) is 2.75. The third-order valence-electron chi connectivity index (χ3n) is 4.50. The first-order chi connectivity index (χ1) is 14.8. The van der Waals surface area contributed by atoms with Gasteiger partial charge < -0.3 is 10.6 Å². The van der Waals surface area contributed by atoms with Gasteiger partial charge in [0, 0.05) is 23.4 Å². The maximum Gasteiger partial charge on any atom is 0.272 e. The average molecular weight is 415 g/mol. The van der Waals surface area contributed by atoms with Crippen LogP contribution in [0.5, 0.6) is 0 Å². The van der Waals surface area contributed by atoms with E-state index in [9.17, 15) is 19.7 Å². The molecule has 0 unspecified atom stereocenters. The largest absolute Gasteiger partial charge is 0.321 e. The summed E-state index contributed by atoms with van der Waals surface area (Å²) in [7, 11) is 0. The Labute approximate surface area is 179 Å². The molecule has 0 heterocycles. The van der Waals surface area contributed by atoms with Crippen molar-refractivity contribution in [3.8, 4) is 0 Å². The molecule has 7 heteroatoms. The van der Waals surface area contributed by atoms with E-state index < -0.39 is 16.7 Å². The molecule has 3 aromatic rings. The summed E-state index contributed by atoms with van der Waals surface area (Å²) in [5.74, 6) is -0.945. The zero-order valence-electron chi connectivity index (χ0n) is 17.1. The van der Waals surface area contributed by atoms with Gasteiger partial charge in [-0.1, -0.05) is 35.4 Å². The Morgan fingerprint density at radius 2 is 1.58 bits per heavy atom. The summed E-state index contributed by atoms with van der Waals surface area (Å²) in [6.07, 6.45) is 1.47. The van der Waals surface area contributed by atoms with Crippen LogP contribution in [0.1, 0.15) is 27.0 Å². The number of non-ortho nitro benzene ring substituents is 1. The third-order valence-corrected chi connectivity index (χ3v) is 4.50. The molecule has 0 aliphatic rings. The van der Waals surface area contributed by atoms with Gasteiger partial charge in [0.25, 0.3) is 17.5 Å². The van der Waals surface area contributed by atoms with Crippen LogP contribution in [0.3, 0.4) is 0 Å². The molecule has 0 radical (unpaired) electrons. The van der Waals surface area contributed by atoms with Gasteiger partial charge >= 0.3 is 0 Å².